The van der Waals surface area contributed by atoms with E-state index >= 15 is 0 Å². The van der Waals surface area contributed by atoms with E-state index in [2.05, 4.69) is 30.9 Å². The number of nitrogens with zero attached hydrogens (tertiary/aromatic N) is 1. The van der Waals surface area contributed by atoms with Crippen molar-refractivity contribution in [2.75, 3.05) is 6.61 Å². The summed E-state index contributed by atoms with van der Waals surface area (Å²) in [5, 5.41) is -0.163. The normalized spacial score (nSPS) is 17.0. The first kappa shape index (κ1) is 23.6. The van der Waals surface area contributed by atoms with Gasteiger partial charge in [0.05, 0.1) is 27.9 Å². The molecule has 1 atom stereocenters. The van der Waals surface area contributed by atoms with Gasteiger partial charge in [0.1, 0.15) is 23.1 Å². The lowest BCUT2D eigenvalue weighted by Crippen LogP contribution is -2.31. The van der Waals surface area contributed by atoms with Crippen LogP contribution in [-0.2, 0) is 5.41 Å². The molecular formula is C27H18BrF4N3O2. The van der Waals surface area contributed by atoms with Gasteiger partial charge in [-0.25, -0.2) is 18.2 Å². The number of H-pyrrole nitrogens is 2. The average molecular weight is 572 g/mol. The maximum atomic E-state index is 14.9. The Hall–Kier alpha value is -3.79. The molecule has 0 bridgehead atoms. The minimum atomic E-state index is -1.49. The topological polar surface area (TPSA) is 62.9 Å². The van der Waals surface area contributed by atoms with Crippen LogP contribution < -0.4 is 9.47 Å². The molecule has 37 heavy (non-hydrogen) atoms. The first-order valence-corrected chi connectivity index (χ1v) is 12.2. The first-order valence-electron chi connectivity index (χ1n) is 11.4. The van der Waals surface area contributed by atoms with E-state index < -0.39 is 34.4 Å². The molecule has 2 N–H and O–H groups in total. The Morgan fingerprint density at radius 1 is 1.03 bits per heavy atom. The van der Waals surface area contributed by atoms with E-state index in [1.807, 2.05) is 25.1 Å². The first-order chi connectivity index (χ1) is 17.8. The molecule has 0 amide bonds. The van der Waals surface area contributed by atoms with Crippen molar-refractivity contribution in [2.24, 2.45) is 0 Å². The second-order valence-corrected chi connectivity index (χ2v) is 9.82. The third-order valence-corrected chi connectivity index (χ3v) is 7.38. The Morgan fingerprint density at radius 2 is 1.86 bits per heavy atom. The van der Waals surface area contributed by atoms with Crippen LogP contribution in [0.15, 0.2) is 59.3 Å². The number of hydrogen-bond donors (Lipinski definition) is 2. The summed E-state index contributed by atoms with van der Waals surface area (Å²) < 4.78 is 70.8. The predicted molar refractivity (Wildman–Crippen MR) is 133 cm³/mol. The van der Waals surface area contributed by atoms with Crippen LogP contribution in [0.25, 0.3) is 22.3 Å². The van der Waals surface area contributed by atoms with Gasteiger partial charge in [0.2, 0.25) is 11.6 Å². The number of ether oxygens (including phenoxy) is 2. The van der Waals surface area contributed by atoms with Crippen molar-refractivity contribution in [1.82, 2.24) is 15.0 Å². The summed E-state index contributed by atoms with van der Waals surface area (Å²) in [6.07, 6.45) is 3.64. The van der Waals surface area contributed by atoms with Gasteiger partial charge in [-0.15, -0.1) is 0 Å². The molecule has 0 aliphatic carbocycles. The van der Waals surface area contributed by atoms with Gasteiger partial charge in [-0.2, -0.15) is 4.39 Å². The largest absolute Gasteiger partial charge is 0.492 e. The molecule has 3 aromatic carbocycles. The van der Waals surface area contributed by atoms with Crippen molar-refractivity contribution in [3.8, 4) is 28.6 Å². The summed E-state index contributed by atoms with van der Waals surface area (Å²) >= 11 is 3.52. The molecule has 1 aliphatic heterocycles. The number of nitrogens with one attached hydrogen (secondary N) is 2. The van der Waals surface area contributed by atoms with E-state index in [0.29, 0.717) is 18.7 Å². The predicted octanol–water partition coefficient (Wildman–Crippen LogP) is 7.76. The molecule has 0 fully saturated rings. The zero-order valence-corrected chi connectivity index (χ0v) is 20.8. The summed E-state index contributed by atoms with van der Waals surface area (Å²) in [7, 11) is 0. The molecule has 1 unspecified atom stereocenters. The van der Waals surface area contributed by atoms with Gasteiger partial charge < -0.3 is 19.4 Å². The molecule has 6 rings (SSSR count). The molecule has 5 nitrogen and oxygen atoms in total. The number of fused-ring (bicyclic) bond motifs is 2. The third-order valence-electron chi connectivity index (χ3n) is 6.76. The Kier molecular flexibility index (Phi) is 5.52. The van der Waals surface area contributed by atoms with Crippen LogP contribution in [0.2, 0.25) is 0 Å². The lowest BCUT2D eigenvalue weighted by Gasteiger charge is -2.35. The fourth-order valence-corrected chi connectivity index (χ4v) is 5.19. The monoisotopic (exact) mass is 571 g/mol. The van der Waals surface area contributed by atoms with Crippen LogP contribution in [0.3, 0.4) is 0 Å². The van der Waals surface area contributed by atoms with Gasteiger partial charge in [-0.05, 0) is 59.6 Å². The fraction of sp³-hybridized carbons (Fsp3) is 0.148. The zero-order valence-electron chi connectivity index (χ0n) is 19.3. The number of benzene rings is 3. The summed E-state index contributed by atoms with van der Waals surface area (Å²) in [6, 6.07) is 10.6. The second-order valence-electron chi connectivity index (χ2n) is 8.96. The number of halogens is 5. The van der Waals surface area contributed by atoms with Crippen LogP contribution in [0, 0.1) is 23.3 Å². The van der Waals surface area contributed by atoms with Crippen LogP contribution >= 0.6 is 15.9 Å². The number of hydrogen-bond acceptors (Lipinski definition) is 3. The highest BCUT2D eigenvalue weighted by atomic mass is 79.9. The minimum Gasteiger partial charge on any atom is -0.492 e. The Morgan fingerprint density at radius 3 is 2.70 bits per heavy atom. The van der Waals surface area contributed by atoms with Crippen molar-refractivity contribution < 1.29 is 27.0 Å². The molecule has 2 aromatic heterocycles. The van der Waals surface area contributed by atoms with E-state index in [0.717, 1.165) is 21.9 Å². The highest BCUT2D eigenvalue weighted by Gasteiger charge is 2.38. The maximum absolute atomic E-state index is 14.9. The Labute approximate surface area is 216 Å². The van der Waals surface area contributed by atoms with Gasteiger partial charge in [0.15, 0.2) is 11.6 Å². The number of para-hydroxylation sites is 1. The lowest BCUT2D eigenvalue weighted by atomic mass is 9.75. The highest BCUT2D eigenvalue weighted by molar-refractivity contribution is 9.10. The molecule has 188 valence electrons. The third kappa shape index (κ3) is 3.69. The molecule has 5 aromatic rings. The molecule has 0 radical (unpaired) electrons. The Balaban J connectivity index is 1.38. The summed E-state index contributed by atoms with van der Waals surface area (Å²) in [4.78, 5) is 10.1. The molecule has 0 spiro atoms. The molecular weight excluding hydrogens is 554 g/mol. The molecule has 1 aliphatic rings. The highest BCUT2D eigenvalue weighted by Crippen LogP contribution is 2.46. The van der Waals surface area contributed by atoms with Gasteiger partial charge in [-0.1, -0.05) is 12.1 Å². The summed E-state index contributed by atoms with van der Waals surface area (Å²) in [5.74, 6) is -4.53. The van der Waals surface area contributed by atoms with Crippen LogP contribution in [0.1, 0.15) is 24.6 Å². The Bertz CT molecular complexity index is 1680. The van der Waals surface area contributed by atoms with Gasteiger partial charge in [0, 0.05) is 28.8 Å². The van der Waals surface area contributed by atoms with Crippen molar-refractivity contribution in [1.29, 1.82) is 0 Å². The van der Waals surface area contributed by atoms with Crippen LogP contribution in [-0.4, -0.2) is 21.6 Å². The van der Waals surface area contributed by atoms with Crippen molar-refractivity contribution >= 4 is 26.8 Å². The van der Waals surface area contributed by atoms with Crippen LogP contribution in [0.5, 0.6) is 17.2 Å². The van der Waals surface area contributed by atoms with Crippen molar-refractivity contribution in [3.63, 3.8) is 0 Å². The SMILES string of the molecule is CC1(c2c[nH]c(-c3cc(Oc4c(F)c(F)c5[nH]ccc5c4F)ccc3F)n2)CCOc2c(Br)cccc21. The summed E-state index contributed by atoms with van der Waals surface area (Å²) in [6.45, 7) is 2.51. The molecule has 3 heterocycles. The molecule has 10 heteroatoms. The number of rotatable bonds is 4. The molecule has 0 saturated heterocycles. The minimum absolute atomic E-state index is 0.0258. The van der Waals surface area contributed by atoms with Gasteiger partial charge in [-0.3, -0.25) is 0 Å². The van der Waals surface area contributed by atoms with Crippen molar-refractivity contribution in [2.45, 2.75) is 18.8 Å². The lowest BCUT2D eigenvalue weighted by molar-refractivity contribution is 0.240. The van der Waals surface area contributed by atoms with Crippen LogP contribution in [0.4, 0.5) is 17.6 Å². The van der Waals surface area contributed by atoms with E-state index in [-0.39, 0.29) is 28.0 Å². The maximum Gasteiger partial charge on any atom is 0.206 e. The number of aromatic nitrogens is 3. The van der Waals surface area contributed by atoms with E-state index in [1.54, 1.807) is 6.20 Å². The zero-order chi connectivity index (χ0) is 25.9. The average Bonchev–Trinajstić information content (AvgIpc) is 3.58. The number of imidazole rings is 1. The second kappa shape index (κ2) is 8.65. The fourth-order valence-electron chi connectivity index (χ4n) is 4.71. The number of aromatic amines is 2. The quantitative estimate of drug-likeness (QED) is 0.171. The van der Waals surface area contributed by atoms with E-state index in [9.17, 15) is 17.6 Å². The van der Waals surface area contributed by atoms with E-state index in [1.165, 1.54) is 24.4 Å². The molecule has 0 saturated carbocycles. The van der Waals surface area contributed by atoms with E-state index in [4.69, 9.17) is 9.47 Å². The standard InChI is InChI=1S/C27H18BrF4N3O2/c1-27(8-10-36-24-16(27)3-2-4-17(24)28)19-12-34-26(35-19)15-11-13(5-6-18(15)29)37-25-20(30)14-7-9-33-23(14)21(31)22(25)32/h2-7,9,11-12,33H,8,10H2,1H3,(H,34,35). The summed E-state index contributed by atoms with van der Waals surface area (Å²) in [5.41, 5.74) is 0.829. The smallest absolute Gasteiger partial charge is 0.206 e. The van der Waals surface area contributed by atoms with Crippen molar-refractivity contribution in [3.05, 3.63) is 93.9 Å². The van der Waals surface area contributed by atoms with Gasteiger partial charge in [0.25, 0.3) is 0 Å². The van der Waals surface area contributed by atoms with Gasteiger partial charge >= 0.3 is 0 Å².